The lowest BCUT2D eigenvalue weighted by atomic mass is 10.2. The molecule has 0 saturated heterocycles. The minimum absolute atomic E-state index is 0.198. The zero-order valence-electron chi connectivity index (χ0n) is 11.2. The average Bonchev–Trinajstić information content (AvgIpc) is 2.28. The highest BCUT2D eigenvalue weighted by Gasteiger charge is 2.13. The van der Waals surface area contributed by atoms with Gasteiger partial charge in [0.1, 0.15) is 5.82 Å². The molecule has 0 heterocycles. The highest BCUT2D eigenvalue weighted by Crippen LogP contribution is 2.23. The first-order chi connectivity index (χ1) is 8.32. The first kappa shape index (κ1) is 14.4. The Morgan fingerprint density at radius 3 is 2.44 bits per heavy atom. The van der Waals surface area contributed by atoms with Crippen LogP contribution in [0.25, 0.3) is 0 Å². The van der Waals surface area contributed by atoms with Crippen LogP contribution in [0.2, 0.25) is 0 Å². The van der Waals surface area contributed by atoms with E-state index in [2.05, 4.69) is 5.32 Å². The average molecular weight is 253 g/mol. The van der Waals surface area contributed by atoms with Crippen LogP contribution in [0.1, 0.15) is 20.8 Å². The Morgan fingerprint density at radius 1 is 1.39 bits per heavy atom. The third-order valence-electron chi connectivity index (χ3n) is 2.78. The first-order valence-electron chi connectivity index (χ1n) is 5.91. The molecule has 0 fully saturated rings. The molecule has 1 amide bonds. The number of hydrogen-bond acceptors (Lipinski definition) is 3. The van der Waals surface area contributed by atoms with E-state index in [9.17, 15) is 9.18 Å². The molecule has 0 bridgehead atoms. The molecule has 1 atom stereocenters. The summed E-state index contributed by atoms with van der Waals surface area (Å²) >= 11 is 0. The zero-order valence-corrected chi connectivity index (χ0v) is 11.2. The van der Waals surface area contributed by atoms with Gasteiger partial charge in [0.15, 0.2) is 0 Å². The summed E-state index contributed by atoms with van der Waals surface area (Å²) in [6.07, 6.45) is 0. The number of anilines is 2. The van der Waals surface area contributed by atoms with Crippen LogP contribution in [0.15, 0.2) is 18.2 Å². The molecule has 0 saturated carbocycles. The number of nitrogens with zero attached hydrogens (tertiary/aromatic N) is 1. The molecule has 4 nitrogen and oxygen atoms in total. The second-order valence-corrected chi connectivity index (χ2v) is 4.65. The number of amides is 1. The number of benzene rings is 1. The van der Waals surface area contributed by atoms with Crippen LogP contribution in [0.5, 0.6) is 0 Å². The largest absolute Gasteiger partial charge is 0.370 e. The van der Waals surface area contributed by atoms with E-state index in [1.54, 1.807) is 19.1 Å². The van der Waals surface area contributed by atoms with Crippen molar-refractivity contribution in [3.05, 3.63) is 24.0 Å². The van der Waals surface area contributed by atoms with Gasteiger partial charge in [0, 0.05) is 18.8 Å². The molecule has 0 aliphatic carbocycles. The van der Waals surface area contributed by atoms with Gasteiger partial charge < -0.3 is 16.0 Å². The van der Waals surface area contributed by atoms with Gasteiger partial charge in [-0.15, -0.1) is 0 Å². The van der Waals surface area contributed by atoms with Gasteiger partial charge in [0.2, 0.25) is 5.91 Å². The zero-order chi connectivity index (χ0) is 13.9. The van der Waals surface area contributed by atoms with Gasteiger partial charge in [0.05, 0.1) is 11.7 Å². The summed E-state index contributed by atoms with van der Waals surface area (Å²) in [7, 11) is 1.82. The fraction of sp³-hybridized carbons (Fsp3) is 0.462. The summed E-state index contributed by atoms with van der Waals surface area (Å²) in [5, 5.41) is 2.56. The first-order valence-corrected chi connectivity index (χ1v) is 5.91. The van der Waals surface area contributed by atoms with Gasteiger partial charge in [0.25, 0.3) is 0 Å². The van der Waals surface area contributed by atoms with Gasteiger partial charge in [-0.25, -0.2) is 4.39 Å². The Labute approximate surface area is 107 Å². The molecule has 100 valence electrons. The molecule has 18 heavy (non-hydrogen) atoms. The lowest BCUT2D eigenvalue weighted by molar-refractivity contribution is -0.117. The van der Waals surface area contributed by atoms with Gasteiger partial charge in [-0.1, -0.05) is 0 Å². The maximum atomic E-state index is 13.9. The minimum atomic E-state index is -0.619. The molecule has 0 unspecified atom stereocenters. The van der Waals surface area contributed by atoms with E-state index in [4.69, 9.17) is 5.73 Å². The summed E-state index contributed by atoms with van der Waals surface area (Å²) in [4.78, 5) is 13.2. The lowest BCUT2D eigenvalue weighted by Crippen LogP contribution is -2.32. The van der Waals surface area contributed by atoms with Gasteiger partial charge in [-0.05, 0) is 39.0 Å². The molecule has 0 aromatic heterocycles. The van der Waals surface area contributed by atoms with Gasteiger partial charge in [-0.2, -0.15) is 0 Å². The maximum absolute atomic E-state index is 13.9. The normalized spacial score (nSPS) is 12.4. The van der Waals surface area contributed by atoms with E-state index in [1.165, 1.54) is 6.07 Å². The van der Waals surface area contributed by atoms with E-state index in [0.29, 0.717) is 11.4 Å². The molecule has 1 aromatic rings. The van der Waals surface area contributed by atoms with E-state index in [1.807, 2.05) is 25.8 Å². The molecule has 3 N–H and O–H groups in total. The third kappa shape index (κ3) is 3.43. The van der Waals surface area contributed by atoms with E-state index < -0.39 is 6.04 Å². The summed E-state index contributed by atoms with van der Waals surface area (Å²) in [5.41, 5.74) is 6.34. The van der Waals surface area contributed by atoms with Crippen LogP contribution < -0.4 is 16.0 Å². The number of hydrogen-bond donors (Lipinski definition) is 2. The van der Waals surface area contributed by atoms with Crippen molar-refractivity contribution in [1.82, 2.24) is 0 Å². The molecule has 0 aliphatic rings. The third-order valence-corrected chi connectivity index (χ3v) is 2.78. The van der Waals surface area contributed by atoms with Crippen molar-refractivity contribution < 1.29 is 9.18 Å². The SMILES string of the molecule is CC(C)N(C)c1ccc(NC(=O)[C@@H](C)N)cc1F. The fourth-order valence-corrected chi connectivity index (χ4v) is 1.40. The highest BCUT2D eigenvalue weighted by atomic mass is 19.1. The van der Waals surface area contributed by atoms with Crippen LogP contribution >= 0.6 is 0 Å². The minimum Gasteiger partial charge on any atom is -0.370 e. The Hall–Kier alpha value is -1.62. The highest BCUT2D eigenvalue weighted by molar-refractivity contribution is 5.94. The fourth-order valence-electron chi connectivity index (χ4n) is 1.40. The number of nitrogens with two attached hydrogens (primary N) is 1. The molecular weight excluding hydrogens is 233 g/mol. The number of carbonyl (C=O) groups is 1. The standard InChI is InChI=1S/C13H20FN3O/c1-8(2)17(4)12-6-5-10(7-11(12)14)16-13(18)9(3)15/h5-9H,15H2,1-4H3,(H,16,18)/t9-/m1/s1. The summed E-state index contributed by atoms with van der Waals surface area (Å²) in [6, 6.07) is 4.19. The molecule has 0 spiro atoms. The molecule has 1 rings (SSSR count). The second kappa shape index (κ2) is 5.82. The molecule has 1 aromatic carbocycles. The monoisotopic (exact) mass is 253 g/mol. The van der Waals surface area contributed by atoms with Crippen molar-refractivity contribution >= 4 is 17.3 Å². The van der Waals surface area contributed by atoms with Crippen LogP contribution in [0, 0.1) is 5.82 Å². The number of carbonyl (C=O) groups excluding carboxylic acids is 1. The van der Waals surface area contributed by atoms with E-state index in [0.717, 1.165) is 0 Å². The molecular formula is C13H20FN3O. The van der Waals surface area contributed by atoms with Crippen LogP contribution in [0.4, 0.5) is 15.8 Å². The maximum Gasteiger partial charge on any atom is 0.241 e. The lowest BCUT2D eigenvalue weighted by Gasteiger charge is -2.24. The number of rotatable bonds is 4. The number of nitrogens with one attached hydrogen (secondary N) is 1. The van der Waals surface area contributed by atoms with Gasteiger partial charge >= 0.3 is 0 Å². The summed E-state index contributed by atoms with van der Waals surface area (Å²) in [5.74, 6) is -0.701. The summed E-state index contributed by atoms with van der Waals surface area (Å²) < 4.78 is 13.9. The van der Waals surface area contributed by atoms with Crippen molar-refractivity contribution in [3.63, 3.8) is 0 Å². The number of halogens is 1. The van der Waals surface area contributed by atoms with Crippen LogP contribution in [-0.2, 0) is 4.79 Å². The van der Waals surface area contributed by atoms with Gasteiger partial charge in [-0.3, -0.25) is 4.79 Å². The Bertz CT molecular complexity index is 432. The van der Waals surface area contributed by atoms with Crippen molar-refractivity contribution in [1.29, 1.82) is 0 Å². The smallest absolute Gasteiger partial charge is 0.241 e. The second-order valence-electron chi connectivity index (χ2n) is 4.65. The predicted octanol–water partition coefficient (Wildman–Crippen LogP) is 1.96. The Balaban J connectivity index is 2.89. The molecule has 0 radical (unpaired) electrons. The van der Waals surface area contributed by atoms with Crippen LogP contribution in [0.3, 0.4) is 0 Å². The van der Waals surface area contributed by atoms with E-state index >= 15 is 0 Å². The quantitative estimate of drug-likeness (QED) is 0.862. The predicted molar refractivity (Wildman–Crippen MR) is 72.2 cm³/mol. The summed E-state index contributed by atoms with van der Waals surface area (Å²) in [6.45, 7) is 5.53. The van der Waals surface area contributed by atoms with Crippen molar-refractivity contribution in [3.8, 4) is 0 Å². The van der Waals surface area contributed by atoms with Crippen LogP contribution in [-0.4, -0.2) is 25.0 Å². The van der Waals surface area contributed by atoms with Crippen molar-refractivity contribution in [2.45, 2.75) is 32.9 Å². The van der Waals surface area contributed by atoms with Crippen molar-refractivity contribution in [2.24, 2.45) is 5.73 Å². The topological polar surface area (TPSA) is 58.4 Å². The van der Waals surface area contributed by atoms with Crippen molar-refractivity contribution in [2.75, 3.05) is 17.3 Å². The Kier molecular flexibility index (Phi) is 4.67. The Morgan fingerprint density at radius 2 is 2.00 bits per heavy atom. The molecule has 0 aliphatic heterocycles. The molecule has 5 heteroatoms. The van der Waals surface area contributed by atoms with E-state index in [-0.39, 0.29) is 17.8 Å².